The molecule has 0 N–H and O–H groups in total. The Hall–Kier alpha value is -2.30. The Balaban J connectivity index is 1.46. The summed E-state index contributed by atoms with van der Waals surface area (Å²) in [5.41, 5.74) is 3.23. The fraction of sp³-hybridized carbons (Fsp3) is 0.474. The van der Waals surface area contributed by atoms with Gasteiger partial charge in [-0.2, -0.15) is 0 Å². The molecule has 2 aromatic heterocycles. The van der Waals surface area contributed by atoms with Crippen molar-refractivity contribution in [2.24, 2.45) is 0 Å². The van der Waals surface area contributed by atoms with Gasteiger partial charge < -0.3 is 14.4 Å². The highest BCUT2D eigenvalue weighted by molar-refractivity contribution is 5.96. The number of nitrogens with zero attached hydrogens (tertiary/aromatic N) is 4. The van der Waals surface area contributed by atoms with Crippen molar-refractivity contribution < 1.29 is 4.79 Å². The number of carbonyl (C=O) groups excluding carboxylic acids is 1. The van der Waals surface area contributed by atoms with Crippen LogP contribution in [0, 0.1) is 13.8 Å². The summed E-state index contributed by atoms with van der Waals surface area (Å²) in [4.78, 5) is 21.6. The van der Waals surface area contributed by atoms with Crippen LogP contribution in [0.3, 0.4) is 0 Å². The number of piperazine rings is 1. The number of aromatic nitrogens is 2. The second-order valence-corrected chi connectivity index (χ2v) is 6.85. The zero-order valence-electron chi connectivity index (χ0n) is 14.4. The molecule has 2 aromatic rings. The molecule has 1 amide bonds. The molecular formula is C19H24N4O. The van der Waals surface area contributed by atoms with Crippen molar-refractivity contribution in [3.05, 3.63) is 47.4 Å². The molecule has 0 bridgehead atoms. The molecule has 1 aliphatic carbocycles. The molecule has 0 radical (unpaired) electrons. The minimum Gasteiger partial charge on any atom is -0.353 e. The van der Waals surface area contributed by atoms with E-state index in [1.54, 1.807) is 0 Å². The summed E-state index contributed by atoms with van der Waals surface area (Å²) in [5.74, 6) is 1.17. The van der Waals surface area contributed by atoms with E-state index < -0.39 is 0 Å². The maximum atomic E-state index is 13.0. The van der Waals surface area contributed by atoms with Crippen molar-refractivity contribution >= 4 is 11.7 Å². The van der Waals surface area contributed by atoms with Gasteiger partial charge in [-0.3, -0.25) is 4.79 Å². The number of rotatable bonds is 3. The molecule has 0 spiro atoms. The lowest BCUT2D eigenvalue weighted by atomic mass is 10.2. The fourth-order valence-corrected chi connectivity index (χ4v) is 3.74. The lowest BCUT2D eigenvalue weighted by Crippen LogP contribution is -2.49. The predicted octanol–water partition coefficient (Wildman–Crippen LogP) is 2.80. The molecule has 0 unspecified atom stereocenters. The predicted molar refractivity (Wildman–Crippen MR) is 94.5 cm³/mol. The van der Waals surface area contributed by atoms with Gasteiger partial charge in [0.15, 0.2) is 0 Å². The summed E-state index contributed by atoms with van der Waals surface area (Å²) in [7, 11) is 0. The molecule has 2 fully saturated rings. The van der Waals surface area contributed by atoms with Crippen LogP contribution in [0.15, 0.2) is 30.5 Å². The topological polar surface area (TPSA) is 41.4 Å². The summed E-state index contributed by atoms with van der Waals surface area (Å²) in [6.07, 6.45) is 4.30. The van der Waals surface area contributed by atoms with E-state index in [9.17, 15) is 4.79 Å². The minimum atomic E-state index is 0.177. The Kier molecular flexibility index (Phi) is 3.79. The van der Waals surface area contributed by atoms with Crippen LogP contribution in [-0.2, 0) is 0 Å². The van der Waals surface area contributed by atoms with Crippen LogP contribution in [0.25, 0.3) is 0 Å². The number of hydrogen-bond acceptors (Lipinski definition) is 3. The maximum Gasteiger partial charge on any atom is 0.255 e. The molecule has 24 heavy (non-hydrogen) atoms. The largest absolute Gasteiger partial charge is 0.353 e. The number of carbonyl (C=O) groups is 1. The molecule has 3 heterocycles. The normalized spacial score (nSPS) is 18.1. The van der Waals surface area contributed by atoms with Gasteiger partial charge in [-0.1, -0.05) is 6.07 Å². The van der Waals surface area contributed by atoms with Crippen LogP contribution in [0.5, 0.6) is 0 Å². The summed E-state index contributed by atoms with van der Waals surface area (Å²) in [6, 6.07) is 8.65. The highest BCUT2D eigenvalue weighted by atomic mass is 16.2. The quantitative estimate of drug-likeness (QED) is 0.872. The number of pyridine rings is 1. The highest BCUT2D eigenvalue weighted by Gasteiger charge is 2.30. The van der Waals surface area contributed by atoms with Crippen LogP contribution in [0.4, 0.5) is 5.82 Å². The van der Waals surface area contributed by atoms with Gasteiger partial charge in [-0.15, -0.1) is 0 Å². The van der Waals surface area contributed by atoms with E-state index in [1.165, 1.54) is 18.5 Å². The first-order chi connectivity index (χ1) is 11.6. The van der Waals surface area contributed by atoms with Gasteiger partial charge in [0.25, 0.3) is 5.91 Å². The maximum absolute atomic E-state index is 13.0. The Bertz CT molecular complexity index is 740. The molecule has 1 saturated heterocycles. The fourth-order valence-electron chi connectivity index (χ4n) is 3.74. The summed E-state index contributed by atoms with van der Waals surface area (Å²) in [6.45, 7) is 7.38. The van der Waals surface area contributed by atoms with Gasteiger partial charge in [0.1, 0.15) is 5.82 Å². The summed E-state index contributed by atoms with van der Waals surface area (Å²) >= 11 is 0. The van der Waals surface area contributed by atoms with Crippen molar-refractivity contribution in [1.82, 2.24) is 14.5 Å². The first-order valence-corrected chi connectivity index (χ1v) is 8.79. The third-order valence-electron chi connectivity index (χ3n) is 5.17. The second-order valence-electron chi connectivity index (χ2n) is 6.85. The monoisotopic (exact) mass is 324 g/mol. The molecule has 0 aromatic carbocycles. The van der Waals surface area contributed by atoms with Gasteiger partial charge in [-0.05, 0) is 44.9 Å². The van der Waals surface area contributed by atoms with Crippen molar-refractivity contribution in [3.8, 4) is 0 Å². The van der Waals surface area contributed by atoms with E-state index in [-0.39, 0.29) is 5.91 Å². The van der Waals surface area contributed by atoms with Gasteiger partial charge in [0, 0.05) is 49.8 Å². The molecule has 5 nitrogen and oxygen atoms in total. The first kappa shape index (κ1) is 15.2. The number of aryl methyl sites for hydroxylation is 1. The van der Waals surface area contributed by atoms with Crippen LogP contribution < -0.4 is 4.90 Å². The van der Waals surface area contributed by atoms with Gasteiger partial charge in [0.2, 0.25) is 0 Å². The van der Waals surface area contributed by atoms with E-state index in [0.717, 1.165) is 43.3 Å². The molecule has 2 aliphatic rings. The van der Waals surface area contributed by atoms with Gasteiger partial charge in [-0.25, -0.2) is 4.98 Å². The molecule has 0 atom stereocenters. The summed E-state index contributed by atoms with van der Waals surface area (Å²) < 4.78 is 2.34. The molecule has 126 valence electrons. The third kappa shape index (κ3) is 2.68. The SMILES string of the molecule is Cc1cc(C(=O)N2CCN(c3ccccn3)CC2)c(C)n1C1CC1. The van der Waals surface area contributed by atoms with E-state index in [4.69, 9.17) is 0 Å². The first-order valence-electron chi connectivity index (χ1n) is 8.79. The summed E-state index contributed by atoms with van der Waals surface area (Å²) in [5, 5.41) is 0. The third-order valence-corrected chi connectivity index (χ3v) is 5.17. The molecule has 4 rings (SSSR count). The molecule has 1 aliphatic heterocycles. The van der Waals surface area contributed by atoms with Crippen LogP contribution in [0.1, 0.15) is 40.6 Å². The van der Waals surface area contributed by atoms with Crippen molar-refractivity contribution in [2.75, 3.05) is 31.1 Å². The molecule has 1 saturated carbocycles. The van der Waals surface area contributed by atoms with Crippen molar-refractivity contribution in [2.45, 2.75) is 32.7 Å². The smallest absolute Gasteiger partial charge is 0.255 e. The Labute approximate surface area is 142 Å². The van der Waals surface area contributed by atoms with Crippen molar-refractivity contribution in [1.29, 1.82) is 0 Å². The van der Waals surface area contributed by atoms with Crippen molar-refractivity contribution in [3.63, 3.8) is 0 Å². The number of amides is 1. The van der Waals surface area contributed by atoms with Gasteiger partial charge in [0.05, 0.1) is 5.56 Å². The van der Waals surface area contributed by atoms with Crippen LogP contribution in [0.2, 0.25) is 0 Å². The lowest BCUT2D eigenvalue weighted by molar-refractivity contribution is 0.0745. The van der Waals surface area contributed by atoms with Crippen LogP contribution >= 0.6 is 0 Å². The van der Waals surface area contributed by atoms with E-state index in [0.29, 0.717) is 6.04 Å². The van der Waals surface area contributed by atoms with E-state index in [2.05, 4.69) is 34.4 Å². The Morgan fingerprint density at radius 1 is 1.12 bits per heavy atom. The molecular weight excluding hydrogens is 300 g/mol. The minimum absolute atomic E-state index is 0.177. The second kappa shape index (κ2) is 5.96. The number of anilines is 1. The highest BCUT2D eigenvalue weighted by Crippen LogP contribution is 2.38. The standard InChI is InChI=1S/C19H24N4O/c1-14-13-17(15(2)23(14)16-6-7-16)19(24)22-11-9-21(10-12-22)18-5-3-4-8-20-18/h3-5,8,13,16H,6-7,9-12H2,1-2H3. The molecule has 5 heteroatoms. The van der Waals surface area contributed by atoms with Gasteiger partial charge >= 0.3 is 0 Å². The Morgan fingerprint density at radius 3 is 2.50 bits per heavy atom. The lowest BCUT2D eigenvalue weighted by Gasteiger charge is -2.35. The zero-order valence-corrected chi connectivity index (χ0v) is 14.4. The zero-order chi connectivity index (χ0) is 16.7. The van der Waals surface area contributed by atoms with E-state index >= 15 is 0 Å². The number of hydrogen-bond donors (Lipinski definition) is 0. The average Bonchev–Trinajstić information content (AvgIpc) is 3.40. The Morgan fingerprint density at radius 2 is 1.88 bits per heavy atom. The average molecular weight is 324 g/mol. The van der Waals surface area contributed by atoms with Crippen LogP contribution in [-0.4, -0.2) is 46.5 Å². The van der Waals surface area contributed by atoms with E-state index in [1.807, 2.05) is 29.3 Å².